The highest BCUT2D eigenvalue weighted by molar-refractivity contribution is 5.75. The van der Waals surface area contributed by atoms with Crippen LogP contribution in [0, 0.1) is 0 Å². The van der Waals surface area contributed by atoms with Crippen LogP contribution in [0.5, 0.6) is 0 Å². The van der Waals surface area contributed by atoms with Crippen molar-refractivity contribution < 1.29 is 14.7 Å². The van der Waals surface area contributed by atoms with E-state index in [1.165, 1.54) is 0 Å². The average molecular weight is 257 g/mol. The molecule has 1 fully saturated rings. The molecule has 1 saturated heterocycles. The molecular weight excluding hydrogens is 234 g/mol. The molecule has 0 bridgehead atoms. The summed E-state index contributed by atoms with van der Waals surface area (Å²) in [6.45, 7) is 8.48. The average Bonchev–Trinajstić information content (AvgIpc) is 2.39. The molecule has 0 saturated carbocycles. The predicted molar refractivity (Wildman–Crippen MR) is 68.6 cm³/mol. The fourth-order valence-corrected chi connectivity index (χ4v) is 1.92. The summed E-state index contributed by atoms with van der Waals surface area (Å²) in [5.74, 6) is -0.817. The Morgan fingerprint density at radius 3 is 2.39 bits per heavy atom. The summed E-state index contributed by atoms with van der Waals surface area (Å²) in [7, 11) is 0. The molecule has 1 heterocycles. The van der Waals surface area contributed by atoms with Gasteiger partial charge < -0.3 is 15.3 Å². The minimum atomic E-state index is -0.817. The molecule has 0 atom stereocenters. The molecule has 6 heteroatoms. The molecule has 0 spiro atoms. The third kappa shape index (κ3) is 5.35. The van der Waals surface area contributed by atoms with E-state index in [-0.39, 0.29) is 18.1 Å². The zero-order valence-corrected chi connectivity index (χ0v) is 11.4. The van der Waals surface area contributed by atoms with E-state index in [0.717, 1.165) is 13.0 Å². The summed E-state index contributed by atoms with van der Waals surface area (Å²) in [4.78, 5) is 26.2. The molecular formula is C12H23N3O3. The van der Waals surface area contributed by atoms with Crippen LogP contribution in [-0.2, 0) is 4.79 Å². The highest BCUT2D eigenvalue weighted by Crippen LogP contribution is 2.06. The Morgan fingerprint density at radius 2 is 1.83 bits per heavy atom. The van der Waals surface area contributed by atoms with Crippen molar-refractivity contribution in [2.75, 3.05) is 32.7 Å². The second-order valence-electron chi connectivity index (χ2n) is 5.69. The Bertz CT molecular complexity index is 312. The van der Waals surface area contributed by atoms with Gasteiger partial charge in [0.05, 0.1) is 6.54 Å². The van der Waals surface area contributed by atoms with Gasteiger partial charge in [-0.2, -0.15) is 0 Å². The van der Waals surface area contributed by atoms with Crippen LogP contribution < -0.4 is 5.32 Å². The Hall–Kier alpha value is -1.30. The zero-order valence-electron chi connectivity index (χ0n) is 11.4. The number of nitrogens with zero attached hydrogens (tertiary/aromatic N) is 2. The van der Waals surface area contributed by atoms with Crippen LogP contribution in [0.4, 0.5) is 4.79 Å². The monoisotopic (exact) mass is 257 g/mol. The van der Waals surface area contributed by atoms with Gasteiger partial charge in [-0.15, -0.1) is 0 Å². The molecule has 1 rings (SSSR count). The lowest BCUT2D eigenvalue weighted by Gasteiger charge is -2.27. The minimum Gasteiger partial charge on any atom is -0.480 e. The maximum absolute atomic E-state index is 12.0. The third-order valence-corrected chi connectivity index (χ3v) is 2.72. The van der Waals surface area contributed by atoms with Crippen molar-refractivity contribution in [3.8, 4) is 0 Å². The zero-order chi connectivity index (χ0) is 13.8. The van der Waals surface area contributed by atoms with Gasteiger partial charge in [0.1, 0.15) is 0 Å². The number of hydrogen-bond acceptors (Lipinski definition) is 3. The highest BCUT2D eigenvalue weighted by Gasteiger charge is 2.22. The van der Waals surface area contributed by atoms with Crippen molar-refractivity contribution in [3.63, 3.8) is 0 Å². The Labute approximate surface area is 108 Å². The van der Waals surface area contributed by atoms with Crippen LogP contribution in [-0.4, -0.2) is 65.2 Å². The maximum atomic E-state index is 12.0. The quantitative estimate of drug-likeness (QED) is 0.759. The SMILES string of the molecule is CC(C)(C)NC(=O)N1CCCN(CC(=O)O)CC1. The van der Waals surface area contributed by atoms with Crippen molar-refractivity contribution >= 4 is 12.0 Å². The van der Waals surface area contributed by atoms with Crippen molar-refractivity contribution in [2.45, 2.75) is 32.7 Å². The summed E-state index contributed by atoms with van der Waals surface area (Å²) in [6.07, 6.45) is 0.810. The van der Waals surface area contributed by atoms with Gasteiger partial charge in [0.2, 0.25) is 0 Å². The fraction of sp³-hybridized carbons (Fsp3) is 0.833. The second-order valence-corrected chi connectivity index (χ2v) is 5.69. The van der Waals surface area contributed by atoms with Crippen molar-refractivity contribution in [3.05, 3.63) is 0 Å². The van der Waals surface area contributed by atoms with Gasteiger partial charge in [-0.1, -0.05) is 0 Å². The van der Waals surface area contributed by atoms with E-state index in [1.807, 2.05) is 25.7 Å². The van der Waals surface area contributed by atoms with Gasteiger partial charge in [-0.3, -0.25) is 9.69 Å². The first kappa shape index (κ1) is 14.8. The van der Waals surface area contributed by atoms with Crippen LogP contribution in [0.25, 0.3) is 0 Å². The van der Waals surface area contributed by atoms with Crippen LogP contribution in [0.2, 0.25) is 0 Å². The first-order chi connectivity index (χ1) is 8.28. The lowest BCUT2D eigenvalue weighted by molar-refractivity contribution is -0.138. The van der Waals surface area contributed by atoms with Crippen LogP contribution in [0.3, 0.4) is 0 Å². The van der Waals surface area contributed by atoms with E-state index in [0.29, 0.717) is 19.6 Å². The summed E-state index contributed by atoms with van der Waals surface area (Å²) in [5.41, 5.74) is -0.246. The normalized spacial score (nSPS) is 18.3. The largest absolute Gasteiger partial charge is 0.480 e. The number of nitrogens with one attached hydrogen (secondary N) is 1. The molecule has 18 heavy (non-hydrogen) atoms. The first-order valence-corrected chi connectivity index (χ1v) is 6.29. The molecule has 0 aromatic carbocycles. The van der Waals surface area contributed by atoms with Crippen molar-refractivity contribution in [1.29, 1.82) is 0 Å². The van der Waals surface area contributed by atoms with Crippen molar-refractivity contribution in [1.82, 2.24) is 15.1 Å². The second kappa shape index (κ2) is 6.04. The number of amides is 2. The topological polar surface area (TPSA) is 72.9 Å². The molecule has 0 aromatic rings. The van der Waals surface area contributed by atoms with E-state index < -0.39 is 5.97 Å². The Morgan fingerprint density at radius 1 is 1.17 bits per heavy atom. The smallest absolute Gasteiger partial charge is 0.317 e. The molecule has 2 amide bonds. The van der Waals surface area contributed by atoms with Crippen LogP contribution >= 0.6 is 0 Å². The number of hydrogen-bond donors (Lipinski definition) is 2. The lowest BCUT2D eigenvalue weighted by Crippen LogP contribution is -2.49. The maximum Gasteiger partial charge on any atom is 0.317 e. The third-order valence-electron chi connectivity index (χ3n) is 2.72. The Kier molecular flexibility index (Phi) is 4.95. The molecule has 2 N–H and O–H groups in total. The van der Waals surface area contributed by atoms with E-state index in [4.69, 9.17) is 5.11 Å². The van der Waals surface area contributed by atoms with Crippen LogP contribution in [0.1, 0.15) is 27.2 Å². The number of rotatable bonds is 2. The summed E-state index contributed by atoms with van der Waals surface area (Å²) in [5, 5.41) is 11.7. The van der Waals surface area contributed by atoms with E-state index in [9.17, 15) is 9.59 Å². The number of carboxylic acid groups (broad SMARTS) is 1. The van der Waals surface area contributed by atoms with Crippen LogP contribution in [0.15, 0.2) is 0 Å². The standard InChI is InChI=1S/C12H23N3O3/c1-12(2,3)13-11(18)15-6-4-5-14(7-8-15)9-10(16)17/h4-9H2,1-3H3,(H,13,18)(H,16,17). The molecule has 0 aromatic heterocycles. The predicted octanol–water partition coefficient (Wildman–Crippen LogP) is 0.587. The number of urea groups is 1. The van der Waals surface area contributed by atoms with Gasteiger partial charge in [-0.25, -0.2) is 4.79 Å². The molecule has 0 unspecified atom stereocenters. The van der Waals surface area contributed by atoms with Gasteiger partial charge in [0.25, 0.3) is 0 Å². The van der Waals surface area contributed by atoms with Gasteiger partial charge >= 0.3 is 12.0 Å². The number of carboxylic acids is 1. The van der Waals surface area contributed by atoms with E-state index in [1.54, 1.807) is 4.90 Å². The minimum absolute atomic E-state index is 0.0503. The van der Waals surface area contributed by atoms with Gasteiger partial charge in [0, 0.05) is 31.7 Å². The fourth-order valence-electron chi connectivity index (χ4n) is 1.92. The number of carbonyl (C=O) groups excluding carboxylic acids is 1. The highest BCUT2D eigenvalue weighted by atomic mass is 16.4. The molecule has 1 aliphatic rings. The number of aliphatic carboxylic acids is 1. The van der Waals surface area contributed by atoms with E-state index >= 15 is 0 Å². The summed E-state index contributed by atoms with van der Waals surface area (Å²) < 4.78 is 0. The molecule has 0 radical (unpaired) electrons. The first-order valence-electron chi connectivity index (χ1n) is 6.29. The summed E-state index contributed by atoms with van der Waals surface area (Å²) in [6, 6.07) is -0.0697. The summed E-state index contributed by atoms with van der Waals surface area (Å²) >= 11 is 0. The Balaban J connectivity index is 2.46. The van der Waals surface area contributed by atoms with Gasteiger partial charge in [-0.05, 0) is 27.2 Å². The van der Waals surface area contributed by atoms with Crippen molar-refractivity contribution in [2.24, 2.45) is 0 Å². The molecule has 104 valence electrons. The van der Waals surface area contributed by atoms with E-state index in [2.05, 4.69) is 5.32 Å². The molecule has 6 nitrogen and oxygen atoms in total. The molecule has 0 aliphatic carbocycles. The molecule has 1 aliphatic heterocycles. The van der Waals surface area contributed by atoms with Gasteiger partial charge in [0.15, 0.2) is 0 Å². The number of carbonyl (C=O) groups is 2. The lowest BCUT2D eigenvalue weighted by atomic mass is 10.1.